The van der Waals surface area contributed by atoms with E-state index in [0.29, 0.717) is 6.54 Å². The first-order valence-electron chi connectivity index (χ1n) is 9.72. The maximum atomic E-state index is 12.2. The lowest BCUT2D eigenvalue weighted by atomic mass is 9.94. The molecule has 3 rings (SSSR count). The molecule has 0 aromatic heterocycles. The summed E-state index contributed by atoms with van der Waals surface area (Å²) in [5, 5.41) is 9.46. The zero-order chi connectivity index (χ0) is 20.5. The van der Waals surface area contributed by atoms with Crippen molar-refractivity contribution in [3.05, 3.63) is 47.5 Å². The number of methoxy groups -OCH3 is 1. The summed E-state index contributed by atoms with van der Waals surface area (Å²) in [6.45, 7) is 6.33. The molecule has 1 amide bonds. The van der Waals surface area contributed by atoms with E-state index in [9.17, 15) is 9.90 Å². The van der Waals surface area contributed by atoms with Crippen LogP contribution in [-0.4, -0.2) is 36.8 Å². The molecule has 3 N–H and O–H groups in total. The summed E-state index contributed by atoms with van der Waals surface area (Å²) >= 11 is 0. The lowest BCUT2D eigenvalue weighted by Gasteiger charge is -2.31. The summed E-state index contributed by atoms with van der Waals surface area (Å²) in [7, 11) is 1.67. The topological polar surface area (TPSA) is 75.8 Å². The minimum Gasteiger partial charge on any atom is -0.496 e. The van der Waals surface area contributed by atoms with Crippen molar-refractivity contribution in [2.75, 3.05) is 25.2 Å². The molecule has 0 fully saturated rings. The number of hydrogen-bond acceptors (Lipinski definition) is 4. The Morgan fingerprint density at radius 3 is 2.64 bits per heavy atom. The molecule has 1 aliphatic rings. The zero-order valence-electron chi connectivity index (χ0n) is 17.2. The highest BCUT2D eigenvalue weighted by atomic mass is 16.5. The molecule has 28 heavy (non-hydrogen) atoms. The van der Waals surface area contributed by atoms with Gasteiger partial charge in [-0.15, -0.1) is 0 Å². The number of amides is 1. The van der Waals surface area contributed by atoms with Crippen molar-refractivity contribution in [2.24, 2.45) is 11.7 Å². The number of carbonyl (C=O) groups is 1. The molecular weight excluding hydrogens is 352 g/mol. The fraction of sp³-hybridized carbons (Fsp3) is 0.435. The molecule has 2 aromatic rings. The van der Waals surface area contributed by atoms with Crippen molar-refractivity contribution in [1.29, 1.82) is 0 Å². The van der Waals surface area contributed by atoms with Crippen molar-refractivity contribution in [3.63, 3.8) is 0 Å². The minimum atomic E-state index is -0.228. The number of nitrogens with two attached hydrogens (primary N) is 1. The first-order chi connectivity index (χ1) is 13.3. The minimum absolute atomic E-state index is 0.0474. The van der Waals surface area contributed by atoms with Crippen molar-refractivity contribution in [3.8, 4) is 16.9 Å². The van der Waals surface area contributed by atoms with Gasteiger partial charge in [-0.05, 0) is 80.1 Å². The lowest BCUT2D eigenvalue weighted by molar-refractivity contribution is -0.117. The molecule has 1 heterocycles. The molecule has 0 saturated heterocycles. The highest BCUT2D eigenvalue weighted by Gasteiger charge is 2.38. The Labute approximate surface area is 167 Å². The largest absolute Gasteiger partial charge is 0.496 e. The first-order valence-corrected chi connectivity index (χ1v) is 9.72. The number of ether oxygens (including phenoxy) is 1. The van der Waals surface area contributed by atoms with Crippen LogP contribution in [0.1, 0.15) is 31.9 Å². The number of nitrogens with zero attached hydrogens (tertiary/aromatic N) is 1. The predicted molar refractivity (Wildman–Crippen MR) is 113 cm³/mol. The second-order valence-electron chi connectivity index (χ2n) is 8.21. The van der Waals surface area contributed by atoms with E-state index in [0.717, 1.165) is 41.0 Å². The first kappa shape index (κ1) is 20.4. The summed E-state index contributed by atoms with van der Waals surface area (Å²) in [4.78, 5) is 14.0. The van der Waals surface area contributed by atoms with E-state index in [2.05, 4.69) is 26.0 Å². The molecule has 5 heteroatoms. The number of aliphatic hydroxyl groups is 1. The molecule has 0 saturated carbocycles. The second-order valence-corrected chi connectivity index (χ2v) is 8.21. The average Bonchev–Trinajstić information content (AvgIpc) is 2.94. The number of benzene rings is 2. The van der Waals surface area contributed by atoms with Crippen LogP contribution in [0.15, 0.2) is 36.4 Å². The maximum Gasteiger partial charge on any atom is 0.224 e. The van der Waals surface area contributed by atoms with Crippen LogP contribution in [0.3, 0.4) is 0 Å². The Morgan fingerprint density at radius 1 is 1.29 bits per heavy atom. The Morgan fingerprint density at radius 2 is 2.04 bits per heavy atom. The highest BCUT2D eigenvalue weighted by Crippen LogP contribution is 2.42. The summed E-state index contributed by atoms with van der Waals surface area (Å²) < 4.78 is 5.59. The molecule has 1 atom stereocenters. The molecule has 2 aromatic carbocycles. The van der Waals surface area contributed by atoms with E-state index in [1.54, 1.807) is 14.0 Å². The van der Waals surface area contributed by atoms with Gasteiger partial charge in [0, 0.05) is 30.3 Å². The molecule has 0 bridgehead atoms. The average molecular weight is 383 g/mol. The number of hydrogen-bond donors (Lipinski definition) is 2. The summed E-state index contributed by atoms with van der Waals surface area (Å²) in [6.07, 6.45) is 1.54. The van der Waals surface area contributed by atoms with Crippen LogP contribution in [-0.2, 0) is 17.6 Å². The van der Waals surface area contributed by atoms with Gasteiger partial charge in [-0.3, -0.25) is 4.79 Å². The molecular formula is C23H30N2O3. The van der Waals surface area contributed by atoms with Gasteiger partial charge >= 0.3 is 0 Å². The van der Waals surface area contributed by atoms with E-state index in [1.807, 2.05) is 29.2 Å². The molecule has 0 aliphatic carbocycles. The lowest BCUT2D eigenvalue weighted by Crippen LogP contribution is -2.44. The van der Waals surface area contributed by atoms with Gasteiger partial charge < -0.3 is 20.5 Å². The third-order valence-corrected chi connectivity index (χ3v) is 5.55. The van der Waals surface area contributed by atoms with Crippen LogP contribution in [0.4, 0.5) is 5.69 Å². The van der Waals surface area contributed by atoms with E-state index < -0.39 is 0 Å². The van der Waals surface area contributed by atoms with Gasteiger partial charge in [0.15, 0.2) is 0 Å². The molecule has 0 radical (unpaired) electrons. The van der Waals surface area contributed by atoms with Crippen LogP contribution in [0.25, 0.3) is 11.1 Å². The number of aliphatic hydroxyl groups excluding tert-OH is 1. The fourth-order valence-electron chi connectivity index (χ4n) is 4.24. The van der Waals surface area contributed by atoms with Crippen LogP contribution >= 0.6 is 0 Å². The van der Waals surface area contributed by atoms with Gasteiger partial charge in [-0.2, -0.15) is 0 Å². The Balaban J connectivity index is 2.01. The third kappa shape index (κ3) is 3.77. The van der Waals surface area contributed by atoms with Gasteiger partial charge in [-0.1, -0.05) is 12.1 Å². The van der Waals surface area contributed by atoms with E-state index in [4.69, 9.17) is 10.5 Å². The van der Waals surface area contributed by atoms with Gasteiger partial charge in [0.05, 0.1) is 7.11 Å². The quantitative estimate of drug-likeness (QED) is 0.805. The van der Waals surface area contributed by atoms with Gasteiger partial charge in [0.25, 0.3) is 0 Å². The summed E-state index contributed by atoms with van der Waals surface area (Å²) in [5.74, 6) is 0.914. The van der Waals surface area contributed by atoms with Crippen molar-refractivity contribution in [1.82, 2.24) is 0 Å². The summed E-state index contributed by atoms with van der Waals surface area (Å²) in [5.41, 5.74) is 10.9. The monoisotopic (exact) mass is 382 g/mol. The van der Waals surface area contributed by atoms with Crippen LogP contribution in [0.5, 0.6) is 5.75 Å². The van der Waals surface area contributed by atoms with Crippen molar-refractivity contribution in [2.45, 2.75) is 39.2 Å². The zero-order valence-corrected chi connectivity index (χ0v) is 17.2. The molecule has 0 spiro atoms. The molecule has 5 nitrogen and oxygen atoms in total. The standard InChI is InChI=1S/C23H30N2O3/c1-15(27)25-21-7-6-18(11-19(21)12-23(25,2)3)20-10-16(5-8-22(20)28-4)9-17(13-24)14-26/h5-8,10-11,17,26H,9,12-14,24H2,1-4H3. The third-order valence-electron chi connectivity index (χ3n) is 5.55. The Kier molecular flexibility index (Phi) is 5.77. The SMILES string of the molecule is COc1ccc(CC(CN)CO)cc1-c1ccc2c(c1)CC(C)(C)N2C(C)=O. The van der Waals surface area contributed by atoms with Gasteiger partial charge in [-0.25, -0.2) is 0 Å². The predicted octanol–water partition coefficient (Wildman–Crippen LogP) is 3.16. The number of anilines is 1. The van der Waals surface area contributed by atoms with Crippen molar-refractivity contribution >= 4 is 11.6 Å². The summed E-state index contributed by atoms with van der Waals surface area (Å²) in [6, 6.07) is 12.3. The second kappa shape index (κ2) is 7.94. The van der Waals surface area contributed by atoms with Gasteiger partial charge in [0.2, 0.25) is 5.91 Å². The maximum absolute atomic E-state index is 12.2. The van der Waals surface area contributed by atoms with Crippen LogP contribution in [0.2, 0.25) is 0 Å². The number of rotatable bonds is 6. The normalized spacial score (nSPS) is 16.0. The molecule has 1 aliphatic heterocycles. The number of carbonyl (C=O) groups excluding carboxylic acids is 1. The van der Waals surface area contributed by atoms with Gasteiger partial charge in [0.1, 0.15) is 5.75 Å². The molecule has 150 valence electrons. The number of fused-ring (bicyclic) bond motifs is 1. The van der Waals surface area contributed by atoms with E-state index in [1.165, 1.54) is 5.56 Å². The van der Waals surface area contributed by atoms with Crippen molar-refractivity contribution < 1.29 is 14.6 Å². The van der Waals surface area contributed by atoms with Crippen LogP contribution in [0, 0.1) is 5.92 Å². The van der Waals surface area contributed by atoms with E-state index >= 15 is 0 Å². The Hall–Kier alpha value is -2.37. The smallest absolute Gasteiger partial charge is 0.224 e. The fourth-order valence-corrected chi connectivity index (χ4v) is 4.24. The Bertz CT molecular complexity index is 872. The highest BCUT2D eigenvalue weighted by molar-refractivity contribution is 5.96. The molecule has 1 unspecified atom stereocenters. The van der Waals surface area contributed by atoms with E-state index in [-0.39, 0.29) is 24.0 Å². The van der Waals surface area contributed by atoms with Crippen LogP contribution < -0.4 is 15.4 Å².